The van der Waals surface area contributed by atoms with Crippen molar-refractivity contribution in [2.75, 3.05) is 13.7 Å². The van der Waals surface area contributed by atoms with Crippen LogP contribution in [-0.4, -0.2) is 59.6 Å². The van der Waals surface area contributed by atoms with Gasteiger partial charge in [0.1, 0.15) is 24.2 Å². The lowest BCUT2D eigenvalue weighted by Gasteiger charge is -2.45. The number of esters is 1. The maximum atomic E-state index is 14.3. The zero-order valence-electron chi connectivity index (χ0n) is 24.3. The van der Waals surface area contributed by atoms with Crippen LogP contribution in [0, 0.1) is 19.8 Å². The molecule has 2 atom stereocenters. The number of rotatable bonds is 10. The van der Waals surface area contributed by atoms with Gasteiger partial charge in [0.25, 0.3) is 0 Å². The maximum Gasteiger partial charge on any atom is 0.408 e. The second kappa shape index (κ2) is 12.9. The molecule has 0 bridgehead atoms. The van der Waals surface area contributed by atoms with E-state index in [2.05, 4.69) is 15.4 Å². The number of ether oxygens (including phenoxy) is 2. The van der Waals surface area contributed by atoms with Crippen LogP contribution in [0.4, 0.5) is 4.79 Å². The summed E-state index contributed by atoms with van der Waals surface area (Å²) in [6.07, 6.45) is -0.186. The number of aryl methyl sites for hydroxylation is 1. The lowest BCUT2D eigenvalue weighted by molar-refractivity contribution is -0.151. The molecule has 0 radical (unpaired) electrons. The molecule has 37 heavy (non-hydrogen) atoms. The van der Waals surface area contributed by atoms with Crippen LogP contribution in [0.2, 0.25) is 0 Å². The molecule has 1 aromatic carbocycles. The molecule has 0 spiro atoms. The van der Waals surface area contributed by atoms with E-state index in [4.69, 9.17) is 4.74 Å². The number of amides is 3. The molecule has 0 heterocycles. The van der Waals surface area contributed by atoms with Crippen LogP contribution >= 0.6 is 0 Å². The van der Waals surface area contributed by atoms with Gasteiger partial charge in [0.05, 0.1) is 7.11 Å². The second-order valence-corrected chi connectivity index (χ2v) is 11.2. The quantitative estimate of drug-likeness (QED) is 0.448. The Kier molecular flexibility index (Phi) is 11.2. The number of hydrogen-bond acceptors (Lipinski definition) is 6. The molecule has 2 N–H and O–H groups in total. The second-order valence-electron chi connectivity index (χ2n) is 11.2. The van der Waals surface area contributed by atoms with E-state index in [1.807, 2.05) is 66.7 Å². The molecule has 0 aliphatic heterocycles. The smallest absolute Gasteiger partial charge is 0.408 e. The van der Waals surface area contributed by atoms with Crippen molar-refractivity contribution in [2.24, 2.45) is 5.92 Å². The van der Waals surface area contributed by atoms with Crippen LogP contribution in [-0.2, 0) is 23.9 Å². The summed E-state index contributed by atoms with van der Waals surface area (Å²) in [5.41, 5.74) is 0.913. The molecule has 1 aromatic rings. The molecule has 208 valence electrons. The van der Waals surface area contributed by atoms with Gasteiger partial charge in [-0.25, -0.2) is 4.79 Å². The SMILES string of the molecule is CCC(C)(C)N(C(=O)C(NC(=O)OC(C)(C)C)C(C)C)C(C(=O)NCC(=O)OC)c1cccc(C)c1C. The first-order chi connectivity index (χ1) is 17.0. The van der Waals surface area contributed by atoms with Crippen molar-refractivity contribution in [1.82, 2.24) is 15.5 Å². The Bertz CT molecular complexity index is 981. The number of nitrogens with one attached hydrogen (secondary N) is 2. The van der Waals surface area contributed by atoms with E-state index in [1.165, 1.54) is 12.0 Å². The Morgan fingerprint density at radius 2 is 1.62 bits per heavy atom. The molecule has 0 aliphatic rings. The van der Waals surface area contributed by atoms with Crippen molar-refractivity contribution in [1.29, 1.82) is 0 Å². The third kappa shape index (κ3) is 8.76. The van der Waals surface area contributed by atoms with Gasteiger partial charge in [0.2, 0.25) is 11.8 Å². The number of carbonyl (C=O) groups excluding carboxylic acids is 4. The van der Waals surface area contributed by atoms with Gasteiger partial charge in [-0.2, -0.15) is 0 Å². The predicted molar refractivity (Wildman–Crippen MR) is 143 cm³/mol. The maximum absolute atomic E-state index is 14.3. The summed E-state index contributed by atoms with van der Waals surface area (Å²) in [7, 11) is 1.24. The van der Waals surface area contributed by atoms with Crippen molar-refractivity contribution >= 4 is 23.9 Å². The number of carbonyl (C=O) groups is 4. The number of nitrogens with zero attached hydrogens (tertiary/aromatic N) is 1. The average Bonchev–Trinajstić information content (AvgIpc) is 2.79. The van der Waals surface area contributed by atoms with E-state index in [0.717, 1.165) is 11.1 Å². The highest BCUT2D eigenvalue weighted by atomic mass is 16.6. The van der Waals surface area contributed by atoms with Gasteiger partial charge in [0, 0.05) is 5.54 Å². The predicted octanol–water partition coefficient (Wildman–Crippen LogP) is 4.20. The van der Waals surface area contributed by atoms with Crippen LogP contribution in [0.25, 0.3) is 0 Å². The zero-order valence-corrected chi connectivity index (χ0v) is 24.3. The molecule has 3 amide bonds. The van der Waals surface area contributed by atoms with Gasteiger partial charge in [0.15, 0.2) is 0 Å². The first-order valence-corrected chi connectivity index (χ1v) is 12.7. The third-order valence-corrected chi connectivity index (χ3v) is 6.44. The van der Waals surface area contributed by atoms with Gasteiger partial charge < -0.3 is 25.0 Å². The normalized spacial score (nSPS) is 13.4. The zero-order chi connectivity index (χ0) is 28.7. The molecule has 0 aromatic heterocycles. The number of alkyl carbamates (subject to hydrolysis) is 1. The summed E-state index contributed by atoms with van der Waals surface area (Å²) < 4.78 is 10.1. The van der Waals surface area contributed by atoms with Crippen molar-refractivity contribution in [3.05, 3.63) is 34.9 Å². The van der Waals surface area contributed by atoms with Crippen molar-refractivity contribution < 1.29 is 28.7 Å². The summed E-state index contributed by atoms with van der Waals surface area (Å²) in [4.78, 5) is 54.0. The van der Waals surface area contributed by atoms with Crippen LogP contribution < -0.4 is 10.6 Å². The first-order valence-electron chi connectivity index (χ1n) is 12.7. The molecular formula is C28H45N3O6. The summed E-state index contributed by atoms with van der Waals surface area (Å²) in [6.45, 7) is 18.0. The number of hydrogen-bond donors (Lipinski definition) is 2. The van der Waals surface area contributed by atoms with Crippen molar-refractivity contribution in [2.45, 2.75) is 98.9 Å². The van der Waals surface area contributed by atoms with E-state index < -0.39 is 47.1 Å². The van der Waals surface area contributed by atoms with Crippen molar-refractivity contribution in [3.63, 3.8) is 0 Å². The fourth-order valence-corrected chi connectivity index (χ4v) is 3.84. The lowest BCUT2D eigenvalue weighted by atomic mass is 9.88. The Balaban J connectivity index is 3.70. The average molecular weight is 520 g/mol. The van der Waals surface area contributed by atoms with E-state index in [0.29, 0.717) is 12.0 Å². The summed E-state index contributed by atoms with van der Waals surface area (Å²) in [6, 6.07) is 3.55. The van der Waals surface area contributed by atoms with Gasteiger partial charge in [-0.05, 0) is 77.5 Å². The van der Waals surface area contributed by atoms with E-state index in [-0.39, 0.29) is 12.5 Å². The minimum absolute atomic E-state index is 0.299. The Morgan fingerprint density at radius 1 is 1.03 bits per heavy atom. The summed E-state index contributed by atoms with van der Waals surface area (Å²) >= 11 is 0. The van der Waals surface area contributed by atoms with E-state index in [9.17, 15) is 19.2 Å². The highest BCUT2D eigenvalue weighted by Gasteiger charge is 2.44. The Morgan fingerprint density at radius 3 is 2.11 bits per heavy atom. The highest BCUT2D eigenvalue weighted by Crippen LogP contribution is 2.35. The van der Waals surface area contributed by atoms with Crippen LogP contribution in [0.5, 0.6) is 0 Å². The third-order valence-electron chi connectivity index (χ3n) is 6.44. The van der Waals surface area contributed by atoms with E-state index in [1.54, 1.807) is 20.8 Å². The molecular weight excluding hydrogens is 474 g/mol. The van der Waals surface area contributed by atoms with Gasteiger partial charge in [-0.1, -0.05) is 39.0 Å². The molecule has 0 fully saturated rings. The van der Waals surface area contributed by atoms with Crippen LogP contribution in [0.1, 0.15) is 84.5 Å². The Labute approximate surface area is 221 Å². The standard InChI is InChI=1S/C28H45N3O6/c1-12-28(9,10)31(25(34)22(17(2)3)30-26(35)37-27(6,7)8)23(24(33)29-16-21(32)36-11)20-15-13-14-18(4)19(20)5/h13-15,17,22-23H,12,16H2,1-11H3,(H,29,33)(H,30,35). The number of methoxy groups -OCH3 is 1. The van der Waals surface area contributed by atoms with Crippen LogP contribution in [0.3, 0.4) is 0 Å². The minimum Gasteiger partial charge on any atom is -0.468 e. The molecule has 0 saturated heterocycles. The minimum atomic E-state index is -1.06. The van der Waals surface area contributed by atoms with Gasteiger partial charge >= 0.3 is 12.1 Å². The monoisotopic (exact) mass is 519 g/mol. The van der Waals surface area contributed by atoms with E-state index >= 15 is 0 Å². The molecule has 1 rings (SSSR count). The molecule has 0 saturated carbocycles. The molecule has 0 aliphatic carbocycles. The van der Waals surface area contributed by atoms with Crippen molar-refractivity contribution in [3.8, 4) is 0 Å². The lowest BCUT2D eigenvalue weighted by Crippen LogP contribution is -2.60. The van der Waals surface area contributed by atoms with Gasteiger partial charge in [-0.3, -0.25) is 14.4 Å². The Hall–Kier alpha value is -3.10. The fraction of sp³-hybridized carbons (Fsp3) is 0.643. The molecule has 9 nitrogen and oxygen atoms in total. The summed E-state index contributed by atoms with van der Waals surface area (Å²) in [5, 5.41) is 5.35. The topological polar surface area (TPSA) is 114 Å². The largest absolute Gasteiger partial charge is 0.468 e. The summed E-state index contributed by atoms with van der Waals surface area (Å²) in [5.74, 6) is -1.85. The first kappa shape index (κ1) is 31.9. The van der Waals surface area contributed by atoms with Crippen LogP contribution in [0.15, 0.2) is 18.2 Å². The molecule has 9 heteroatoms. The number of benzene rings is 1. The molecule has 2 unspecified atom stereocenters. The van der Waals surface area contributed by atoms with Gasteiger partial charge in [-0.15, -0.1) is 0 Å². The highest BCUT2D eigenvalue weighted by molar-refractivity contribution is 5.94. The fourth-order valence-electron chi connectivity index (χ4n) is 3.84.